The summed E-state index contributed by atoms with van der Waals surface area (Å²) in [5.74, 6) is 0. The van der Waals surface area contributed by atoms with Crippen LogP contribution in [0.25, 0.3) is 0 Å². The van der Waals surface area contributed by atoms with Crippen molar-refractivity contribution in [3.8, 4) is 6.07 Å². The molecule has 0 aliphatic rings. The van der Waals surface area contributed by atoms with Crippen molar-refractivity contribution in [1.29, 1.82) is 5.26 Å². The van der Waals surface area contributed by atoms with Crippen LogP contribution < -0.4 is 5.73 Å². The number of rotatable bonds is 2. The molecule has 0 aliphatic heterocycles. The molecule has 0 bridgehead atoms. The molecule has 1 aromatic heterocycles. The Morgan fingerprint density at radius 1 is 1.62 bits per heavy atom. The van der Waals surface area contributed by atoms with Gasteiger partial charge >= 0.3 is 0 Å². The van der Waals surface area contributed by atoms with Gasteiger partial charge in [0.15, 0.2) is 0 Å². The summed E-state index contributed by atoms with van der Waals surface area (Å²) in [6.07, 6.45) is 0.748. The lowest BCUT2D eigenvalue weighted by atomic mass is 10.2. The largest absolute Gasteiger partial charge is 0.396 e. The summed E-state index contributed by atoms with van der Waals surface area (Å²) in [5, 5.41) is 13.1. The fraction of sp³-hybridized carbons (Fsp3) is 0.556. The Bertz CT molecular complexity index is 345. The minimum atomic E-state index is -0.198. The van der Waals surface area contributed by atoms with Crippen molar-refractivity contribution in [1.82, 2.24) is 9.78 Å². The van der Waals surface area contributed by atoms with Gasteiger partial charge in [-0.3, -0.25) is 4.68 Å². The Morgan fingerprint density at radius 3 is 2.54 bits per heavy atom. The van der Waals surface area contributed by atoms with Gasteiger partial charge in [0, 0.05) is 0 Å². The monoisotopic (exact) mass is 178 g/mol. The molecule has 0 fully saturated rings. The Labute approximate surface area is 78.0 Å². The molecule has 1 unspecified atom stereocenters. The van der Waals surface area contributed by atoms with Crippen LogP contribution in [-0.2, 0) is 0 Å². The summed E-state index contributed by atoms with van der Waals surface area (Å²) in [7, 11) is 0. The average Bonchev–Trinajstić information content (AvgIpc) is 2.36. The van der Waals surface area contributed by atoms with Crippen molar-refractivity contribution in [2.24, 2.45) is 0 Å². The number of nitrogen functional groups attached to an aromatic ring is 1. The van der Waals surface area contributed by atoms with Gasteiger partial charge in [0.2, 0.25) is 0 Å². The molecule has 70 valence electrons. The number of aryl methyl sites for hydroxylation is 1. The summed E-state index contributed by atoms with van der Waals surface area (Å²) in [5.41, 5.74) is 8.12. The van der Waals surface area contributed by atoms with Gasteiger partial charge in [0.25, 0.3) is 0 Å². The van der Waals surface area contributed by atoms with Crippen LogP contribution in [0.15, 0.2) is 0 Å². The molecule has 1 atom stereocenters. The summed E-state index contributed by atoms with van der Waals surface area (Å²) >= 11 is 0. The first-order valence-electron chi connectivity index (χ1n) is 4.32. The third-order valence-electron chi connectivity index (χ3n) is 2.21. The summed E-state index contributed by atoms with van der Waals surface area (Å²) < 4.78 is 1.70. The third-order valence-corrected chi connectivity index (χ3v) is 2.21. The van der Waals surface area contributed by atoms with E-state index in [9.17, 15) is 0 Å². The van der Waals surface area contributed by atoms with Crippen LogP contribution in [0.3, 0.4) is 0 Å². The van der Waals surface area contributed by atoms with Crippen LogP contribution in [0.5, 0.6) is 0 Å². The smallest absolute Gasteiger partial charge is 0.138 e. The number of anilines is 1. The highest BCUT2D eigenvalue weighted by atomic mass is 15.3. The Morgan fingerprint density at radius 2 is 2.23 bits per heavy atom. The molecule has 0 aliphatic carbocycles. The zero-order valence-electron chi connectivity index (χ0n) is 8.20. The predicted octanol–water partition coefficient (Wildman–Crippen LogP) is 1.56. The van der Waals surface area contributed by atoms with Crippen LogP contribution in [0.4, 0.5) is 5.69 Å². The molecule has 1 rings (SSSR count). The van der Waals surface area contributed by atoms with Gasteiger partial charge in [-0.25, -0.2) is 0 Å². The molecule has 0 aromatic carbocycles. The topological polar surface area (TPSA) is 67.6 Å². The lowest BCUT2D eigenvalue weighted by molar-refractivity contribution is 0.519. The number of nitrogens with two attached hydrogens (primary N) is 1. The second kappa shape index (κ2) is 3.48. The van der Waals surface area contributed by atoms with E-state index in [4.69, 9.17) is 11.0 Å². The maximum Gasteiger partial charge on any atom is 0.138 e. The van der Waals surface area contributed by atoms with Crippen molar-refractivity contribution < 1.29 is 0 Å². The molecule has 4 nitrogen and oxygen atoms in total. The summed E-state index contributed by atoms with van der Waals surface area (Å²) in [6, 6.07) is 2.00. The molecule has 2 N–H and O–H groups in total. The second-order valence-electron chi connectivity index (χ2n) is 3.08. The Kier molecular flexibility index (Phi) is 2.57. The summed E-state index contributed by atoms with van der Waals surface area (Å²) in [6.45, 7) is 5.69. The van der Waals surface area contributed by atoms with E-state index < -0.39 is 0 Å². The van der Waals surface area contributed by atoms with E-state index in [1.165, 1.54) is 0 Å². The number of hydrogen-bond donors (Lipinski definition) is 1. The Balaban J connectivity index is 3.16. The van der Waals surface area contributed by atoms with E-state index in [0.717, 1.165) is 17.8 Å². The minimum absolute atomic E-state index is 0.198. The van der Waals surface area contributed by atoms with Crippen LogP contribution in [0, 0.1) is 25.2 Å². The van der Waals surface area contributed by atoms with Crippen LogP contribution in [-0.4, -0.2) is 9.78 Å². The first kappa shape index (κ1) is 9.59. The standard InChI is InChI=1S/C9H14N4/c1-4-8(5-10)13-7(3)9(11)6(2)12-13/h8H,4,11H2,1-3H3. The minimum Gasteiger partial charge on any atom is -0.396 e. The highest BCUT2D eigenvalue weighted by Crippen LogP contribution is 2.20. The molecule has 0 spiro atoms. The predicted molar refractivity (Wildman–Crippen MR) is 51.1 cm³/mol. The third kappa shape index (κ3) is 1.50. The van der Waals surface area contributed by atoms with Gasteiger partial charge in [-0.1, -0.05) is 6.92 Å². The maximum atomic E-state index is 8.85. The van der Waals surface area contributed by atoms with Crippen molar-refractivity contribution in [3.63, 3.8) is 0 Å². The van der Waals surface area contributed by atoms with Gasteiger partial charge < -0.3 is 5.73 Å². The zero-order chi connectivity index (χ0) is 10.0. The van der Waals surface area contributed by atoms with Gasteiger partial charge in [-0.05, 0) is 20.3 Å². The summed E-state index contributed by atoms with van der Waals surface area (Å²) in [4.78, 5) is 0. The fourth-order valence-electron chi connectivity index (χ4n) is 1.30. The second-order valence-corrected chi connectivity index (χ2v) is 3.08. The number of aromatic nitrogens is 2. The van der Waals surface area contributed by atoms with Gasteiger partial charge in [0.05, 0.1) is 23.1 Å². The number of nitriles is 1. The quantitative estimate of drug-likeness (QED) is 0.747. The molecule has 13 heavy (non-hydrogen) atoms. The van der Waals surface area contributed by atoms with Crippen molar-refractivity contribution in [2.75, 3.05) is 5.73 Å². The van der Waals surface area contributed by atoms with Crippen molar-refractivity contribution in [3.05, 3.63) is 11.4 Å². The van der Waals surface area contributed by atoms with Crippen LogP contribution >= 0.6 is 0 Å². The van der Waals surface area contributed by atoms with Crippen molar-refractivity contribution in [2.45, 2.75) is 33.2 Å². The van der Waals surface area contributed by atoms with E-state index >= 15 is 0 Å². The van der Waals surface area contributed by atoms with E-state index in [0.29, 0.717) is 5.69 Å². The SMILES string of the molecule is CCC(C#N)n1nc(C)c(N)c1C. The van der Waals surface area contributed by atoms with Gasteiger partial charge in [0.1, 0.15) is 6.04 Å². The highest BCUT2D eigenvalue weighted by molar-refractivity contribution is 5.47. The molecule has 1 heterocycles. The first-order valence-corrected chi connectivity index (χ1v) is 4.32. The normalized spacial score (nSPS) is 12.5. The van der Waals surface area contributed by atoms with E-state index in [-0.39, 0.29) is 6.04 Å². The molecule has 0 amide bonds. The molecular weight excluding hydrogens is 164 g/mol. The van der Waals surface area contributed by atoms with Gasteiger partial charge in [-0.2, -0.15) is 10.4 Å². The van der Waals surface area contributed by atoms with Crippen LogP contribution in [0.2, 0.25) is 0 Å². The highest BCUT2D eigenvalue weighted by Gasteiger charge is 2.14. The lowest BCUT2D eigenvalue weighted by Gasteiger charge is -2.08. The number of hydrogen-bond acceptors (Lipinski definition) is 3. The molecule has 0 saturated heterocycles. The Hall–Kier alpha value is -1.50. The van der Waals surface area contributed by atoms with Crippen LogP contribution in [0.1, 0.15) is 30.8 Å². The molecular formula is C9H14N4. The van der Waals surface area contributed by atoms with Gasteiger partial charge in [-0.15, -0.1) is 0 Å². The average molecular weight is 178 g/mol. The molecule has 0 radical (unpaired) electrons. The first-order chi connectivity index (χ1) is 6.11. The molecule has 4 heteroatoms. The van der Waals surface area contributed by atoms with Crippen molar-refractivity contribution >= 4 is 5.69 Å². The number of nitrogens with zero attached hydrogens (tertiary/aromatic N) is 3. The van der Waals surface area contributed by atoms with E-state index in [2.05, 4.69) is 11.2 Å². The molecule has 1 aromatic rings. The van der Waals surface area contributed by atoms with E-state index in [1.54, 1.807) is 4.68 Å². The fourth-order valence-corrected chi connectivity index (χ4v) is 1.30. The lowest BCUT2D eigenvalue weighted by Crippen LogP contribution is -2.09. The zero-order valence-corrected chi connectivity index (χ0v) is 8.20. The van der Waals surface area contributed by atoms with E-state index in [1.807, 2.05) is 20.8 Å². The maximum absolute atomic E-state index is 8.85. The molecule has 0 saturated carbocycles.